The fourth-order valence-corrected chi connectivity index (χ4v) is 2.82. The minimum Gasteiger partial charge on any atom is -0.436 e. The first-order chi connectivity index (χ1) is 9.35. The molecule has 96 valence electrons. The summed E-state index contributed by atoms with van der Waals surface area (Å²) in [7, 11) is 0. The van der Waals surface area contributed by atoms with Gasteiger partial charge in [-0.3, -0.25) is 0 Å². The maximum Gasteiger partial charge on any atom is 0.256 e. The first kappa shape index (κ1) is 12.3. The molecule has 0 aliphatic heterocycles. The van der Waals surface area contributed by atoms with E-state index >= 15 is 0 Å². The molecular formula is C16H15NOS. The van der Waals surface area contributed by atoms with Crippen LogP contribution in [0.25, 0.3) is 12.2 Å². The van der Waals surface area contributed by atoms with Gasteiger partial charge in [0.05, 0.1) is 0 Å². The van der Waals surface area contributed by atoms with Gasteiger partial charge in [-0.2, -0.15) is 0 Å². The lowest BCUT2D eigenvalue weighted by atomic mass is 10.1. The van der Waals surface area contributed by atoms with Crippen LogP contribution in [0.3, 0.4) is 0 Å². The van der Waals surface area contributed by atoms with E-state index in [1.54, 1.807) is 11.8 Å². The van der Waals surface area contributed by atoms with E-state index in [2.05, 4.69) is 41.9 Å². The van der Waals surface area contributed by atoms with Crippen LogP contribution in [0.15, 0.2) is 46.6 Å². The van der Waals surface area contributed by atoms with E-state index in [1.165, 1.54) is 5.56 Å². The summed E-state index contributed by atoms with van der Waals surface area (Å²) >= 11 is 1.64. The quantitative estimate of drug-likeness (QED) is 0.760. The van der Waals surface area contributed by atoms with E-state index in [0.29, 0.717) is 0 Å². The highest BCUT2D eigenvalue weighted by Crippen LogP contribution is 2.27. The molecule has 0 spiro atoms. The lowest BCUT2D eigenvalue weighted by Crippen LogP contribution is -1.88. The summed E-state index contributed by atoms with van der Waals surface area (Å²) < 4.78 is 5.76. The van der Waals surface area contributed by atoms with Gasteiger partial charge in [-0.05, 0) is 23.6 Å². The average Bonchev–Trinajstić information content (AvgIpc) is 2.88. The van der Waals surface area contributed by atoms with Gasteiger partial charge in [-0.1, -0.05) is 54.8 Å². The first-order valence-electron chi connectivity index (χ1n) is 6.35. The smallest absolute Gasteiger partial charge is 0.256 e. The summed E-state index contributed by atoms with van der Waals surface area (Å²) in [6.07, 6.45) is 8.06. The van der Waals surface area contributed by atoms with E-state index in [9.17, 15) is 0 Å². The Morgan fingerprint density at radius 1 is 1.32 bits per heavy atom. The molecule has 3 rings (SSSR count). The van der Waals surface area contributed by atoms with Gasteiger partial charge in [0.1, 0.15) is 11.5 Å². The predicted octanol–water partition coefficient (Wildman–Crippen LogP) is 4.57. The van der Waals surface area contributed by atoms with E-state index in [1.807, 2.05) is 12.2 Å². The third-order valence-electron chi connectivity index (χ3n) is 3.10. The summed E-state index contributed by atoms with van der Waals surface area (Å²) in [4.78, 5) is 4.49. The lowest BCUT2D eigenvalue weighted by molar-refractivity contribution is 0.416. The number of oxazole rings is 1. The summed E-state index contributed by atoms with van der Waals surface area (Å²) in [6.45, 7) is 3.75. The van der Waals surface area contributed by atoms with Crippen LogP contribution in [0.1, 0.15) is 29.0 Å². The molecule has 1 aliphatic rings. The Kier molecular flexibility index (Phi) is 3.56. The lowest BCUT2D eigenvalue weighted by Gasteiger charge is -1.99. The Balaban J connectivity index is 1.66. The molecule has 2 aromatic rings. The molecule has 0 saturated heterocycles. The topological polar surface area (TPSA) is 26.0 Å². The Bertz CT molecular complexity index is 610. The average molecular weight is 269 g/mol. The van der Waals surface area contributed by atoms with Gasteiger partial charge in [0.25, 0.3) is 5.22 Å². The standard InChI is InChI=1S/C16H15NOS/c1-2-12-7-9-13(10-8-12)11-19-16-17-14-5-3-4-6-15(14)18-16/h2-3,5,7-10H,1,4,6,11H2. The Labute approximate surface area is 117 Å². The van der Waals surface area contributed by atoms with Crippen LogP contribution >= 0.6 is 11.8 Å². The molecule has 19 heavy (non-hydrogen) atoms. The monoisotopic (exact) mass is 269 g/mol. The van der Waals surface area contributed by atoms with E-state index < -0.39 is 0 Å². The van der Waals surface area contributed by atoms with Crippen molar-refractivity contribution < 1.29 is 4.42 Å². The molecule has 1 aliphatic carbocycles. The molecule has 0 atom stereocenters. The minimum atomic E-state index is 0.768. The molecule has 3 heteroatoms. The number of rotatable bonds is 4. The molecule has 0 unspecified atom stereocenters. The number of allylic oxidation sites excluding steroid dienone is 1. The highest BCUT2D eigenvalue weighted by molar-refractivity contribution is 7.98. The van der Waals surface area contributed by atoms with Crippen LogP contribution in [-0.4, -0.2) is 4.98 Å². The molecule has 0 N–H and O–H groups in total. The van der Waals surface area contributed by atoms with Crippen molar-refractivity contribution >= 4 is 23.9 Å². The zero-order chi connectivity index (χ0) is 13.1. The molecule has 2 nitrogen and oxygen atoms in total. The van der Waals surface area contributed by atoms with Crippen molar-refractivity contribution in [2.75, 3.05) is 0 Å². The molecule has 0 radical (unpaired) electrons. The second-order valence-electron chi connectivity index (χ2n) is 4.46. The number of benzene rings is 1. The number of aryl methyl sites for hydroxylation is 1. The van der Waals surface area contributed by atoms with Crippen molar-refractivity contribution in [2.24, 2.45) is 0 Å². The second-order valence-corrected chi connectivity index (χ2v) is 5.39. The van der Waals surface area contributed by atoms with Crippen LogP contribution < -0.4 is 0 Å². The van der Waals surface area contributed by atoms with Gasteiger partial charge >= 0.3 is 0 Å². The van der Waals surface area contributed by atoms with Crippen LogP contribution in [0.4, 0.5) is 0 Å². The van der Waals surface area contributed by atoms with Crippen molar-refractivity contribution in [1.82, 2.24) is 4.98 Å². The van der Waals surface area contributed by atoms with Gasteiger partial charge in [0.15, 0.2) is 0 Å². The number of hydrogen-bond acceptors (Lipinski definition) is 3. The summed E-state index contributed by atoms with van der Waals surface area (Å²) in [5.74, 6) is 1.90. The SMILES string of the molecule is C=Cc1ccc(CSc2nc3c(o2)CCC=C3)cc1. The molecule has 1 aromatic carbocycles. The molecular weight excluding hydrogens is 254 g/mol. The zero-order valence-electron chi connectivity index (χ0n) is 10.6. The maximum absolute atomic E-state index is 5.76. The van der Waals surface area contributed by atoms with Gasteiger partial charge < -0.3 is 4.42 Å². The summed E-state index contributed by atoms with van der Waals surface area (Å²) in [6, 6.07) is 8.39. The van der Waals surface area contributed by atoms with Crippen molar-refractivity contribution in [3.05, 3.63) is 59.5 Å². The van der Waals surface area contributed by atoms with Gasteiger partial charge in [0.2, 0.25) is 0 Å². The van der Waals surface area contributed by atoms with E-state index in [0.717, 1.165) is 40.8 Å². The van der Waals surface area contributed by atoms with E-state index in [-0.39, 0.29) is 0 Å². The fourth-order valence-electron chi connectivity index (χ4n) is 2.02. The van der Waals surface area contributed by atoms with E-state index in [4.69, 9.17) is 4.42 Å². The summed E-state index contributed by atoms with van der Waals surface area (Å²) in [5.41, 5.74) is 3.41. The number of hydrogen-bond donors (Lipinski definition) is 0. The number of thioether (sulfide) groups is 1. The first-order valence-corrected chi connectivity index (χ1v) is 7.34. The van der Waals surface area contributed by atoms with Gasteiger partial charge in [-0.15, -0.1) is 0 Å². The summed E-state index contributed by atoms with van der Waals surface area (Å²) in [5, 5.41) is 0.768. The largest absolute Gasteiger partial charge is 0.436 e. The Morgan fingerprint density at radius 3 is 2.89 bits per heavy atom. The zero-order valence-corrected chi connectivity index (χ0v) is 11.5. The molecule has 0 bridgehead atoms. The van der Waals surface area contributed by atoms with Crippen LogP contribution in [0.5, 0.6) is 0 Å². The number of fused-ring (bicyclic) bond motifs is 1. The van der Waals surface area contributed by atoms with Gasteiger partial charge in [0, 0.05) is 12.2 Å². The minimum absolute atomic E-state index is 0.768. The molecule has 1 aromatic heterocycles. The fraction of sp³-hybridized carbons (Fsp3) is 0.188. The van der Waals surface area contributed by atoms with Gasteiger partial charge in [-0.25, -0.2) is 4.98 Å². The van der Waals surface area contributed by atoms with Crippen molar-refractivity contribution in [1.29, 1.82) is 0 Å². The van der Waals surface area contributed by atoms with Crippen LogP contribution in [-0.2, 0) is 12.2 Å². The normalized spacial score (nSPS) is 13.3. The Hall–Kier alpha value is -1.74. The van der Waals surface area contributed by atoms with Crippen LogP contribution in [0, 0.1) is 0 Å². The molecule has 1 heterocycles. The highest BCUT2D eigenvalue weighted by Gasteiger charge is 2.13. The third-order valence-corrected chi connectivity index (χ3v) is 4.00. The maximum atomic E-state index is 5.76. The predicted molar refractivity (Wildman–Crippen MR) is 80.0 cm³/mol. The van der Waals surface area contributed by atoms with Crippen molar-refractivity contribution in [3.63, 3.8) is 0 Å². The third kappa shape index (κ3) is 2.82. The Morgan fingerprint density at radius 2 is 2.16 bits per heavy atom. The molecule has 0 saturated carbocycles. The van der Waals surface area contributed by atoms with Crippen molar-refractivity contribution in [3.8, 4) is 0 Å². The molecule has 0 amide bonds. The number of nitrogens with zero attached hydrogens (tertiary/aromatic N) is 1. The second kappa shape index (κ2) is 5.49. The molecule has 0 fully saturated rings. The van der Waals surface area contributed by atoms with Crippen molar-refractivity contribution in [2.45, 2.75) is 23.8 Å². The van der Waals surface area contributed by atoms with Crippen LogP contribution in [0.2, 0.25) is 0 Å². The highest BCUT2D eigenvalue weighted by atomic mass is 32.2. The number of aromatic nitrogens is 1.